The predicted molar refractivity (Wildman–Crippen MR) is 61.6 cm³/mol. The highest BCUT2D eigenvalue weighted by molar-refractivity contribution is 5.72. The van der Waals surface area contributed by atoms with Crippen LogP contribution in [0.25, 0.3) is 0 Å². The molecule has 0 aliphatic rings. The molecule has 8 heteroatoms. The molecule has 104 valence electrons. The number of carbonyl (C=O) groups is 1. The van der Waals surface area contributed by atoms with Gasteiger partial charge < -0.3 is 14.6 Å². The lowest BCUT2D eigenvalue weighted by Gasteiger charge is -2.13. The van der Waals surface area contributed by atoms with Crippen molar-refractivity contribution >= 4 is 11.7 Å². The van der Waals surface area contributed by atoms with Gasteiger partial charge in [-0.25, -0.2) is 9.18 Å². The molecule has 1 rings (SSSR count). The van der Waals surface area contributed by atoms with E-state index >= 15 is 0 Å². The summed E-state index contributed by atoms with van der Waals surface area (Å²) in [6.07, 6.45) is -1.27. The maximum atomic E-state index is 13.0. The minimum atomic E-state index is -1.27. The van der Waals surface area contributed by atoms with Gasteiger partial charge in [-0.2, -0.15) is 0 Å². The lowest BCUT2D eigenvalue weighted by molar-refractivity contribution is -0.386. The van der Waals surface area contributed by atoms with Crippen molar-refractivity contribution in [2.75, 3.05) is 13.2 Å². The maximum absolute atomic E-state index is 13.0. The molecule has 1 N–H and O–H groups in total. The summed E-state index contributed by atoms with van der Waals surface area (Å²) in [7, 11) is 0. The third-order valence-corrected chi connectivity index (χ3v) is 2.15. The number of ether oxygens (including phenoxy) is 2. The zero-order valence-electron chi connectivity index (χ0n) is 10.0. The molecule has 1 aromatic rings. The van der Waals surface area contributed by atoms with E-state index in [1.165, 1.54) is 0 Å². The molecule has 0 heterocycles. The minimum absolute atomic E-state index is 0.144. The van der Waals surface area contributed by atoms with Crippen LogP contribution in [0.2, 0.25) is 0 Å². The number of nitro groups is 1. The quantitative estimate of drug-likeness (QED) is 0.598. The number of hydrogen-bond donors (Lipinski definition) is 1. The first-order valence-corrected chi connectivity index (χ1v) is 5.36. The Morgan fingerprint density at radius 1 is 1.58 bits per heavy atom. The highest BCUT2D eigenvalue weighted by atomic mass is 19.1. The van der Waals surface area contributed by atoms with Crippen LogP contribution in [0.3, 0.4) is 0 Å². The zero-order valence-corrected chi connectivity index (χ0v) is 10.0. The lowest BCUT2D eigenvalue weighted by atomic mass is 10.3. The number of nitro benzene ring substituents is 1. The second-order valence-corrected chi connectivity index (χ2v) is 3.46. The Balaban J connectivity index is 2.83. The van der Waals surface area contributed by atoms with Crippen molar-refractivity contribution in [3.05, 3.63) is 34.1 Å². The van der Waals surface area contributed by atoms with Crippen LogP contribution in [0.5, 0.6) is 5.75 Å². The summed E-state index contributed by atoms with van der Waals surface area (Å²) in [5.74, 6) is -2.32. The minimum Gasteiger partial charge on any atom is -0.483 e. The van der Waals surface area contributed by atoms with Crippen LogP contribution in [0.15, 0.2) is 18.2 Å². The lowest BCUT2D eigenvalue weighted by Crippen LogP contribution is -2.30. The maximum Gasteiger partial charge on any atom is 0.336 e. The molecule has 19 heavy (non-hydrogen) atoms. The molecule has 1 unspecified atom stereocenters. The zero-order chi connectivity index (χ0) is 14.4. The first-order chi connectivity index (χ1) is 8.95. The van der Waals surface area contributed by atoms with Gasteiger partial charge in [-0.3, -0.25) is 10.1 Å². The van der Waals surface area contributed by atoms with Crippen LogP contribution in [0, 0.1) is 15.9 Å². The molecule has 1 aromatic carbocycles. The van der Waals surface area contributed by atoms with E-state index in [-0.39, 0.29) is 12.4 Å². The average Bonchev–Trinajstić information content (AvgIpc) is 2.33. The monoisotopic (exact) mass is 273 g/mol. The van der Waals surface area contributed by atoms with E-state index in [0.717, 1.165) is 18.2 Å². The van der Waals surface area contributed by atoms with Crippen molar-refractivity contribution in [1.82, 2.24) is 0 Å². The topological polar surface area (TPSA) is 98.9 Å². The van der Waals surface area contributed by atoms with E-state index in [4.69, 9.17) is 14.6 Å². The van der Waals surface area contributed by atoms with E-state index in [0.29, 0.717) is 0 Å². The molecule has 0 saturated heterocycles. The largest absolute Gasteiger partial charge is 0.483 e. The van der Waals surface area contributed by atoms with Crippen molar-refractivity contribution in [1.29, 1.82) is 0 Å². The van der Waals surface area contributed by atoms with Gasteiger partial charge in [0.15, 0.2) is 11.9 Å². The van der Waals surface area contributed by atoms with Crippen LogP contribution < -0.4 is 4.74 Å². The molecular formula is C11H12FNO6. The van der Waals surface area contributed by atoms with E-state index in [1.807, 2.05) is 0 Å². The number of hydrogen-bond acceptors (Lipinski definition) is 5. The third-order valence-electron chi connectivity index (χ3n) is 2.15. The molecule has 0 aromatic heterocycles. The summed E-state index contributed by atoms with van der Waals surface area (Å²) in [6, 6.07) is 2.69. The SMILES string of the molecule is CCOC(COc1cc(F)ccc1[N+](=O)[O-])C(=O)O. The fraction of sp³-hybridized carbons (Fsp3) is 0.364. The molecule has 0 aliphatic carbocycles. The fourth-order valence-electron chi connectivity index (χ4n) is 1.31. The Bertz CT molecular complexity index is 478. The first-order valence-electron chi connectivity index (χ1n) is 5.36. The number of aliphatic carboxylic acids is 1. The van der Waals surface area contributed by atoms with Crippen LogP contribution in [0.4, 0.5) is 10.1 Å². The van der Waals surface area contributed by atoms with E-state index in [9.17, 15) is 19.3 Å². The van der Waals surface area contributed by atoms with E-state index in [1.54, 1.807) is 6.92 Å². The van der Waals surface area contributed by atoms with Gasteiger partial charge in [0.05, 0.1) is 4.92 Å². The number of rotatable bonds is 7. The first kappa shape index (κ1) is 14.8. The molecule has 0 saturated carbocycles. The van der Waals surface area contributed by atoms with Gasteiger partial charge >= 0.3 is 11.7 Å². The third kappa shape index (κ3) is 4.18. The van der Waals surface area contributed by atoms with Gasteiger partial charge in [-0.15, -0.1) is 0 Å². The Labute approximate surface area is 107 Å². The van der Waals surface area contributed by atoms with Crippen molar-refractivity contribution < 1.29 is 28.7 Å². The molecule has 0 aliphatic heterocycles. The highest BCUT2D eigenvalue weighted by Crippen LogP contribution is 2.27. The van der Waals surface area contributed by atoms with Gasteiger partial charge in [0.2, 0.25) is 0 Å². The van der Waals surface area contributed by atoms with E-state index in [2.05, 4.69) is 0 Å². The second-order valence-electron chi connectivity index (χ2n) is 3.46. The van der Waals surface area contributed by atoms with E-state index < -0.39 is 35.1 Å². The van der Waals surface area contributed by atoms with Crippen LogP contribution >= 0.6 is 0 Å². The summed E-state index contributed by atoms with van der Waals surface area (Å²) in [5.41, 5.74) is -0.443. The summed E-state index contributed by atoms with van der Waals surface area (Å²) in [6.45, 7) is 1.29. The summed E-state index contributed by atoms with van der Waals surface area (Å²) in [4.78, 5) is 20.7. The molecule has 7 nitrogen and oxygen atoms in total. The van der Waals surface area contributed by atoms with Gasteiger partial charge in [0, 0.05) is 18.7 Å². The molecular weight excluding hydrogens is 261 g/mol. The number of halogens is 1. The standard InChI is InChI=1S/C11H12FNO6/c1-2-18-10(11(14)15)6-19-9-5-7(12)3-4-8(9)13(16)17/h3-5,10H,2,6H2,1H3,(H,14,15). The van der Waals surface area contributed by atoms with Crippen molar-refractivity contribution in [3.63, 3.8) is 0 Å². The summed E-state index contributed by atoms with van der Waals surface area (Å²) >= 11 is 0. The normalized spacial score (nSPS) is 11.9. The molecule has 0 amide bonds. The van der Waals surface area contributed by atoms with Crippen LogP contribution in [-0.2, 0) is 9.53 Å². The van der Waals surface area contributed by atoms with Crippen LogP contribution in [0.1, 0.15) is 6.92 Å². The highest BCUT2D eigenvalue weighted by Gasteiger charge is 2.22. The van der Waals surface area contributed by atoms with Gasteiger partial charge in [-0.05, 0) is 13.0 Å². The number of nitrogens with zero attached hydrogens (tertiary/aromatic N) is 1. The number of carboxylic acids is 1. The fourth-order valence-corrected chi connectivity index (χ4v) is 1.31. The summed E-state index contributed by atoms with van der Waals surface area (Å²) in [5, 5.41) is 19.5. The molecule has 0 spiro atoms. The Morgan fingerprint density at radius 2 is 2.26 bits per heavy atom. The Hall–Kier alpha value is -2.22. The van der Waals surface area contributed by atoms with Crippen LogP contribution in [-0.4, -0.2) is 35.3 Å². The van der Waals surface area contributed by atoms with Crippen molar-refractivity contribution in [2.45, 2.75) is 13.0 Å². The van der Waals surface area contributed by atoms with Gasteiger partial charge in [-0.1, -0.05) is 0 Å². The van der Waals surface area contributed by atoms with Crippen molar-refractivity contribution in [2.24, 2.45) is 0 Å². The molecule has 0 radical (unpaired) electrons. The average molecular weight is 273 g/mol. The van der Waals surface area contributed by atoms with Gasteiger partial charge in [0.25, 0.3) is 0 Å². The number of benzene rings is 1. The van der Waals surface area contributed by atoms with Gasteiger partial charge in [0.1, 0.15) is 12.4 Å². The smallest absolute Gasteiger partial charge is 0.336 e. The predicted octanol–water partition coefficient (Wildman–Crippen LogP) is 1.60. The summed E-state index contributed by atoms with van der Waals surface area (Å²) < 4.78 is 22.8. The Morgan fingerprint density at radius 3 is 2.79 bits per heavy atom. The second kappa shape index (κ2) is 6.64. The number of carboxylic acid groups (broad SMARTS) is 1. The van der Waals surface area contributed by atoms with Crippen molar-refractivity contribution in [3.8, 4) is 5.75 Å². The molecule has 0 fully saturated rings. The molecule has 0 bridgehead atoms. The molecule has 1 atom stereocenters. The Kier molecular flexibility index (Phi) is 5.19.